The third-order valence-corrected chi connectivity index (χ3v) is 5.66. The predicted molar refractivity (Wildman–Crippen MR) is 125 cm³/mol. The summed E-state index contributed by atoms with van der Waals surface area (Å²) in [5, 5.41) is 2.84. The van der Waals surface area contributed by atoms with Gasteiger partial charge in [-0.15, -0.1) is 0 Å². The molecule has 0 fully saturated rings. The van der Waals surface area contributed by atoms with Crippen molar-refractivity contribution in [3.05, 3.63) is 53.6 Å². The van der Waals surface area contributed by atoms with E-state index in [-0.39, 0.29) is 43.3 Å². The van der Waals surface area contributed by atoms with Crippen LogP contribution in [0.15, 0.2) is 42.5 Å². The number of fused-ring (bicyclic) bond motifs is 1. The van der Waals surface area contributed by atoms with Crippen molar-refractivity contribution in [2.75, 3.05) is 30.4 Å². The Morgan fingerprint density at radius 3 is 2.66 bits per heavy atom. The normalized spacial score (nSPS) is 15.6. The van der Waals surface area contributed by atoms with Crippen LogP contribution in [0.25, 0.3) is 0 Å². The minimum absolute atomic E-state index is 0.111. The van der Waals surface area contributed by atoms with Crippen LogP contribution >= 0.6 is 0 Å². The highest BCUT2D eigenvalue weighted by Gasteiger charge is 2.30. The molecular weight excluding hydrogens is 406 g/mol. The van der Waals surface area contributed by atoms with E-state index in [1.165, 1.54) is 4.90 Å². The molecule has 2 aromatic carbocycles. The Hall–Kier alpha value is -3.35. The van der Waals surface area contributed by atoms with Crippen molar-refractivity contribution in [2.45, 2.75) is 46.1 Å². The number of carbonyl (C=O) groups excluding carboxylic acids is 3. The van der Waals surface area contributed by atoms with Gasteiger partial charge >= 0.3 is 0 Å². The molecule has 0 spiro atoms. The lowest BCUT2D eigenvalue weighted by molar-refractivity contribution is -0.135. The smallest absolute Gasteiger partial charge is 0.260 e. The second-order valence-electron chi connectivity index (χ2n) is 8.60. The van der Waals surface area contributed by atoms with Gasteiger partial charge in [0.15, 0.2) is 6.61 Å². The van der Waals surface area contributed by atoms with Gasteiger partial charge in [-0.25, -0.2) is 0 Å². The molecule has 0 saturated heterocycles. The first-order valence-corrected chi connectivity index (χ1v) is 10.9. The number of nitrogens with one attached hydrogen (secondary N) is 1. The number of hydrogen-bond donors (Lipinski definition) is 1. The van der Waals surface area contributed by atoms with Crippen LogP contribution in [0.5, 0.6) is 5.75 Å². The van der Waals surface area contributed by atoms with E-state index in [9.17, 15) is 14.4 Å². The summed E-state index contributed by atoms with van der Waals surface area (Å²) in [6.07, 6.45) is 0.187. The summed E-state index contributed by atoms with van der Waals surface area (Å²) in [5.41, 5.74) is 3.31. The van der Waals surface area contributed by atoms with Crippen molar-refractivity contribution < 1.29 is 19.1 Å². The fourth-order valence-corrected chi connectivity index (χ4v) is 3.72. The lowest BCUT2D eigenvalue weighted by Crippen LogP contribution is -2.46. The van der Waals surface area contributed by atoms with E-state index in [1.807, 2.05) is 32.0 Å². The molecular formula is C25H31N3O4. The minimum Gasteiger partial charge on any atom is -0.483 e. The summed E-state index contributed by atoms with van der Waals surface area (Å²) in [6.45, 7) is 7.70. The molecule has 2 aromatic rings. The topological polar surface area (TPSA) is 79.0 Å². The number of rotatable bonds is 6. The van der Waals surface area contributed by atoms with Gasteiger partial charge in [0.2, 0.25) is 11.8 Å². The van der Waals surface area contributed by atoms with Crippen molar-refractivity contribution in [1.82, 2.24) is 4.90 Å². The summed E-state index contributed by atoms with van der Waals surface area (Å²) in [6, 6.07) is 12.9. The van der Waals surface area contributed by atoms with E-state index < -0.39 is 0 Å². The first-order valence-electron chi connectivity index (χ1n) is 10.9. The van der Waals surface area contributed by atoms with Gasteiger partial charge in [0, 0.05) is 19.5 Å². The van der Waals surface area contributed by atoms with Crippen LogP contribution in [0, 0.1) is 6.92 Å². The van der Waals surface area contributed by atoms with E-state index in [0.29, 0.717) is 23.0 Å². The molecule has 7 heteroatoms. The quantitative estimate of drug-likeness (QED) is 0.747. The van der Waals surface area contributed by atoms with E-state index in [2.05, 4.69) is 25.2 Å². The van der Waals surface area contributed by atoms with Crippen LogP contribution < -0.4 is 15.0 Å². The third-order valence-electron chi connectivity index (χ3n) is 5.66. The van der Waals surface area contributed by atoms with Crippen molar-refractivity contribution >= 4 is 29.1 Å². The largest absolute Gasteiger partial charge is 0.483 e. The zero-order valence-corrected chi connectivity index (χ0v) is 19.3. The van der Waals surface area contributed by atoms with Crippen LogP contribution in [0.2, 0.25) is 0 Å². The number of ether oxygens (including phenoxy) is 1. The fourth-order valence-electron chi connectivity index (χ4n) is 3.72. The molecule has 7 nitrogen and oxygen atoms in total. The predicted octanol–water partition coefficient (Wildman–Crippen LogP) is 3.72. The average Bonchev–Trinajstić information content (AvgIpc) is 2.86. The van der Waals surface area contributed by atoms with Gasteiger partial charge in [-0.3, -0.25) is 14.4 Å². The Labute approximate surface area is 189 Å². The van der Waals surface area contributed by atoms with Gasteiger partial charge in [0.1, 0.15) is 5.75 Å². The number of aryl methyl sites for hydroxylation is 1. The SMILES string of the molecule is Cc1ccc(C(C)C)cc1OCC(=O)N(C)CC(=O)N1c2ccccc2NC(=O)C[C@H]1C. The molecule has 1 heterocycles. The monoisotopic (exact) mass is 437 g/mol. The first-order chi connectivity index (χ1) is 15.2. The Morgan fingerprint density at radius 1 is 1.22 bits per heavy atom. The van der Waals surface area contributed by atoms with Crippen molar-refractivity contribution in [2.24, 2.45) is 0 Å². The van der Waals surface area contributed by atoms with Gasteiger partial charge in [-0.1, -0.05) is 38.1 Å². The summed E-state index contributed by atoms with van der Waals surface area (Å²) in [7, 11) is 1.58. The van der Waals surface area contributed by atoms with E-state index in [0.717, 1.165) is 11.1 Å². The van der Waals surface area contributed by atoms with Gasteiger partial charge in [0.05, 0.1) is 17.9 Å². The summed E-state index contributed by atoms with van der Waals surface area (Å²) in [4.78, 5) is 40.9. The minimum atomic E-state index is -0.327. The highest BCUT2D eigenvalue weighted by atomic mass is 16.5. The molecule has 0 unspecified atom stereocenters. The van der Waals surface area contributed by atoms with Gasteiger partial charge < -0.3 is 19.9 Å². The van der Waals surface area contributed by atoms with Gasteiger partial charge in [0.25, 0.3) is 5.91 Å². The number of likely N-dealkylation sites (N-methyl/N-ethyl adjacent to an activating group) is 1. The number of para-hydroxylation sites is 2. The maximum Gasteiger partial charge on any atom is 0.260 e. The number of hydrogen-bond acceptors (Lipinski definition) is 4. The number of benzene rings is 2. The molecule has 32 heavy (non-hydrogen) atoms. The maximum atomic E-state index is 13.1. The Balaban J connectivity index is 1.67. The Morgan fingerprint density at radius 2 is 1.94 bits per heavy atom. The van der Waals surface area contributed by atoms with Crippen molar-refractivity contribution in [3.8, 4) is 5.75 Å². The first kappa shape index (κ1) is 23.3. The van der Waals surface area contributed by atoms with Gasteiger partial charge in [-0.05, 0) is 49.1 Å². The molecule has 3 amide bonds. The van der Waals surface area contributed by atoms with E-state index in [4.69, 9.17) is 4.74 Å². The van der Waals surface area contributed by atoms with Crippen LogP contribution in [0.1, 0.15) is 44.2 Å². The Bertz CT molecular complexity index is 1020. The molecule has 3 rings (SSSR count). The summed E-state index contributed by atoms with van der Waals surface area (Å²) >= 11 is 0. The van der Waals surface area contributed by atoms with Crippen LogP contribution in [0.3, 0.4) is 0 Å². The van der Waals surface area contributed by atoms with E-state index in [1.54, 1.807) is 30.1 Å². The molecule has 0 aromatic heterocycles. The van der Waals surface area contributed by atoms with Crippen molar-refractivity contribution in [3.63, 3.8) is 0 Å². The molecule has 170 valence electrons. The standard InChI is InChI=1S/C25H31N3O4/c1-16(2)19-11-10-17(3)22(13-19)32-15-25(31)27(5)14-24(30)28-18(4)12-23(29)26-20-8-6-7-9-21(20)28/h6-11,13,16,18H,12,14-15H2,1-5H3,(H,26,29)/t18-/m1/s1. The second kappa shape index (κ2) is 9.85. The molecule has 1 atom stereocenters. The number of nitrogens with zero attached hydrogens (tertiary/aromatic N) is 2. The maximum absolute atomic E-state index is 13.1. The highest BCUT2D eigenvalue weighted by molar-refractivity contribution is 6.05. The van der Waals surface area contributed by atoms with Crippen LogP contribution in [-0.4, -0.2) is 48.9 Å². The molecule has 1 aliphatic rings. The summed E-state index contributed by atoms with van der Waals surface area (Å²) < 4.78 is 5.78. The molecule has 0 bridgehead atoms. The fraction of sp³-hybridized carbons (Fsp3) is 0.400. The van der Waals surface area contributed by atoms with Crippen LogP contribution in [0.4, 0.5) is 11.4 Å². The average molecular weight is 438 g/mol. The van der Waals surface area contributed by atoms with Crippen LogP contribution in [-0.2, 0) is 14.4 Å². The molecule has 1 aliphatic heterocycles. The zero-order chi connectivity index (χ0) is 23.4. The molecule has 0 radical (unpaired) electrons. The highest BCUT2D eigenvalue weighted by Crippen LogP contribution is 2.31. The third kappa shape index (κ3) is 5.28. The van der Waals surface area contributed by atoms with Gasteiger partial charge in [-0.2, -0.15) is 0 Å². The molecule has 0 saturated carbocycles. The number of amides is 3. The zero-order valence-electron chi connectivity index (χ0n) is 19.3. The number of carbonyl (C=O) groups is 3. The van der Waals surface area contributed by atoms with Crippen molar-refractivity contribution in [1.29, 1.82) is 0 Å². The summed E-state index contributed by atoms with van der Waals surface area (Å²) in [5.74, 6) is 0.336. The Kier molecular flexibility index (Phi) is 7.18. The van der Waals surface area contributed by atoms with E-state index >= 15 is 0 Å². The lowest BCUT2D eigenvalue weighted by atomic mass is 10.0. The second-order valence-corrected chi connectivity index (χ2v) is 8.60. The number of anilines is 2. The lowest BCUT2D eigenvalue weighted by Gasteiger charge is -2.29. The molecule has 1 N–H and O–H groups in total. The molecule has 0 aliphatic carbocycles.